The Balaban J connectivity index is 1.65. The Morgan fingerprint density at radius 2 is 1.80 bits per heavy atom. The Morgan fingerprint density at radius 3 is 2.47 bits per heavy atom. The quantitative estimate of drug-likeness (QED) is 0.241. The average molecular weight is 462 g/mol. The summed E-state index contributed by atoms with van der Waals surface area (Å²) < 4.78 is 2.05. The SMILES string of the molecule is Cc1cc(C)nc(SCC(=O)NN=Cc2cc(C)n(-c3ccc(Cl)c(Cl)c3)c2C)n1. The van der Waals surface area contributed by atoms with Crippen molar-refractivity contribution in [2.24, 2.45) is 5.10 Å². The molecule has 1 amide bonds. The summed E-state index contributed by atoms with van der Waals surface area (Å²) >= 11 is 13.5. The van der Waals surface area contributed by atoms with Crippen LogP contribution in [-0.2, 0) is 4.79 Å². The molecule has 0 saturated carbocycles. The molecule has 0 aliphatic heterocycles. The van der Waals surface area contributed by atoms with E-state index in [1.54, 1.807) is 12.3 Å². The van der Waals surface area contributed by atoms with Gasteiger partial charge in [-0.15, -0.1) is 0 Å². The number of nitrogens with zero attached hydrogens (tertiary/aromatic N) is 4. The Labute approximate surface area is 189 Å². The Kier molecular flexibility index (Phi) is 7.18. The molecule has 0 bridgehead atoms. The Morgan fingerprint density at radius 1 is 1.10 bits per heavy atom. The van der Waals surface area contributed by atoms with Crippen LogP contribution in [0.1, 0.15) is 28.3 Å². The number of aryl methyl sites for hydroxylation is 3. The molecule has 2 heterocycles. The fraction of sp³-hybridized carbons (Fsp3) is 0.238. The molecular formula is C21H21Cl2N5OS. The number of hydrazone groups is 1. The van der Waals surface area contributed by atoms with E-state index in [-0.39, 0.29) is 11.7 Å². The monoisotopic (exact) mass is 461 g/mol. The molecule has 1 aromatic carbocycles. The van der Waals surface area contributed by atoms with Gasteiger partial charge in [-0.3, -0.25) is 4.79 Å². The number of nitrogens with one attached hydrogen (secondary N) is 1. The van der Waals surface area contributed by atoms with Crippen molar-refractivity contribution in [2.75, 3.05) is 5.75 Å². The van der Waals surface area contributed by atoms with Crippen LogP contribution >= 0.6 is 35.0 Å². The third-order valence-electron chi connectivity index (χ3n) is 4.32. The first kappa shape index (κ1) is 22.3. The predicted octanol–water partition coefficient (Wildman–Crippen LogP) is 5.05. The van der Waals surface area contributed by atoms with E-state index in [1.165, 1.54) is 11.8 Å². The molecule has 0 aliphatic carbocycles. The molecule has 30 heavy (non-hydrogen) atoms. The highest BCUT2D eigenvalue weighted by atomic mass is 35.5. The summed E-state index contributed by atoms with van der Waals surface area (Å²) in [5.41, 5.74) is 8.09. The number of benzene rings is 1. The third-order valence-corrected chi connectivity index (χ3v) is 5.91. The summed E-state index contributed by atoms with van der Waals surface area (Å²) in [6.45, 7) is 7.77. The van der Waals surface area contributed by atoms with E-state index in [4.69, 9.17) is 23.2 Å². The van der Waals surface area contributed by atoms with Gasteiger partial charge in [-0.25, -0.2) is 15.4 Å². The molecule has 0 atom stereocenters. The molecule has 0 aliphatic rings. The lowest BCUT2D eigenvalue weighted by molar-refractivity contribution is -0.118. The molecule has 0 spiro atoms. The number of amides is 1. The fourth-order valence-corrected chi connectivity index (χ4v) is 4.07. The number of rotatable bonds is 6. The molecule has 0 radical (unpaired) electrons. The minimum absolute atomic E-state index is 0.183. The molecule has 0 fully saturated rings. The van der Waals surface area contributed by atoms with Crippen molar-refractivity contribution in [3.05, 3.63) is 68.7 Å². The zero-order valence-electron chi connectivity index (χ0n) is 17.0. The second-order valence-electron chi connectivity index (χ2n) is 6.78. The number of hydrogen-bond acceptors (Lipinski definition) is 5. The van der Waals surface area contributed by atoms with Gasteiger partial charge in [0, 0.05) is 34.0 Å². The lowest BCUT2D eigenvalue weighted by Crippen LogP contribution is -2.19. The smallest absolute Gasteiger partial charge is 0.250 e. The summed E-state index contributed by atoms with van der Waals surface area (Å²) in [6, 6.07) is 9.37. The molecule has 0 unspecified atom stereocenters. The number of carbonyl (C=O) groups is 1. The van der Waals surface area contributed by atoms with Gasteiger partial charge in [-0.1, -0.05) is 35.0 Å². The van der Waals surface area contributed by atoms with Gasteiger partial charge in [-0.05, 0) is 58.0 Å². The van der Waals surface area contributed by atoms with Gasteiger partial charge in [0.2, 0.25) is 0 Å². The highest BCUT2D eigenvalue weighted by Gasteiger charge is 2.11. The van der Waals surface area contributed by atoms with Crippen LogP contribution in [0, 0.1) is 27.7 Å². The van der Waals surface area contributed by atoms with Gasteiger partial charge in [-0.2, -0.15) is 5.10 Å². The van der Waals surface area contributed by atoms with Gasteiger partial charge < -0.3 is 4.57 Å². The van der Waals surface area contributed by atoms with E-state index in [1.807, 2.05) is 52.0 Å². The first-order valence-corrected chi connectivity index (χ1v) is 10.9. The number of halogens is 2. The highest BCUT2D eigenvalue weighted by Crippen LogP contribution is 2.27. The van der Waals surface area contributed by atoms with Crippen molar-refractivity contribution in [3.8, 4) is 5.69 Å². The maximum Gasteiger partial charge on any atom is 0.250 e. The first-order valence-electron chi connectivity index (χ1n) is 9.16. The molecule has 3 rings (SSSR count). The van der Waals surface area contributed by atoms with Crippen molar-refractivity contribution in [3.63, 3.8) is 0 Å². The largest absolute Gasteiger partial charge is 0.318 e. The maximum atomic E-state index is 12.1. The highest BCUT2D eigenvalue weighted by molar-refractivity contribution is 7.99. The zero-order chi connectivity index (χ0) is 21.8. The maximum absolute atomic E-state index is 12.1. The standard InChI is InChI=1S/C21H21Cl2N5OS/c1-12-7-13(2)26-21(25-12)30-11-20(29)27-24-10-16-8-14(3)28(15(16)4)17-5-6-18(22)19(23)9-17/h5-10H,11H2,1-4H3,(H,27,29). The van der Waals surface area contributed by atoms with E-state index in [9.17, 15) is 4.79 Å². The summed E-state index contributed by atoms with van der Waals surface area (Å²) in [5, 5.41) is 5.68. The van der Waals surface area contributed by atoms with Gasteiger partial charge in [0.05, 0.1) is 22.0 Å². The molecular weight excluding hydrogens is 441 g/mol. The van der Waals surface area contributed by atoms with Gasteiger partial charge in [0.25, 0.3) is 5.91 Å². The zero-order valence-corrected chi connectivity index (χ0v) is 19.4. The first-order chi connectivity index (χ1) is 14.2. The molecule has 6 nitrogen and oxygen atoms in total. The van der Waals surface area contributed by atoms with Crippen LogP contribution in [0.25, 0.3) is 5.69 Å². The fourth-order valence-electron chi connectivity index (χ4n) is 3.03. The van der Waals surface area contributed by atoms with Crippen LogP contribution in [0.2, 0.25) is 10.0 Å². The second kappa shape index (κ2) is 9.64. The third kappa shape index (κ3) is 5.41. The van der Waals surface area contributed by atoms with E-state index < -0.39 is 0 Å². The second-order valence-corrected chi connectivity index (χ2v) is 8.53. The average Bonchev–Trinajstić information content (AvgIpc) is 2.95. The summed E-state index contributed by atoms with van der Waals surface area (Å²) in [5.74, 6) is -0.0417. The minimum Gasteiger partial charge on any atom is -0.318 e. The van der Waals surface area contributed by atoms with E-state index in [0.29, 0.717) is 15.2 Å². The number of aromatic nitrogens is 3. The van der Waals surface area contributed by atoms with Crippen molar-refractivity contribution in [1.82, 2.24) is 20.0 Å². The molecule has 9 heteroatoms. The van der Waals surface area contributed by atoms with Gasteiger partial charge >= 0.3 is 0 Å². The number of carbonyl (C=O) groups excluding carboxylic acids is 1. The number of thioether (sulfide) groups is 1. The van der Waals surface area contributed by atoms with E-state index in [0.717, 1.165) is 34.0 Å². The van der Waals surface area contributed by atoms with E-state index >= 15 is 0 Å². The number of hydrogen-bond donors (Lipinski definition) is 1. The Bertz CT molecular complexity index is 1110. The van der Waals surface area contributed by atoms with Crippen molar-refractivity contribution in [2.45, 2.75) is 32.9 Å². The van der Waals surface area contributed by atoms with Crippen molar-refractivity contribution < 1.29 is 4.79 Å². The molecule has 0 saturated heterocycles. The summed E-state index contributed by atoms with van der Waals surface area (Å²) in [6.07, 6.45) is 1.63. The van der Waals surface area contributed by atoms with Crippen LogP contribution in [0.3, 0.4) is 0 Å². The van der Waals surface area contributed by atoms with Gasteiger partial charge in [0.1, 0.15) is 0 Å². The predicted molar refractivity (Wildman–Crippen MR) is 123 cm³/mol. The topological polar surface area (TPSA) is 72.2 Å². The van der Waals surface area contributed by atoms with Gasteiger partial charge in [0.15, 0.2) is 5.16 Å². The molecule has 156 valence electrons. The van der Waals surface area contributed by atoms with Crippen molar-refractivity contribution in [1.29, 1.82) is 0 Å². The lowest BCUT2D eigenvalue weighted by Gasteiger charge is -2.10. The van der Waals surface area contributed by atoms with Crippen LogP contribution in [0.15, 0.2) is 40.6 Å². The summed E-state index contributed by atoms with van der Waals surface area (Å²) in [4.78, 5) is 20.7. The lowest BCUT2D eigenvalue weighted by atomic mass is 10.2. The molecule has 2 aromatic heterocycles. The normalized spacial score (nSPS) is 11.3. The Hall–Kier alpha value is -2.35. The summed E-state index contributed by atoms with van der Waals surface area (Å²) in [7, 11) is 0. The van der Waals surface area contributed by atoms with Crippen LogP contribution < -0.4 is 5.43 Å². The van der Waals surface area contributed by atoms with Crippen LogP contribution in [0.5, 0.6) is 0 Å². The molecule has 1 N–H and O–H groups in total. The van der Waals surface area contributed by atoms with E-state index in [2.05, 4.69) is 25.1 Å². The van der Waals surface area contributed by atoms with Crippen molar-refractivity contribution >= 4 is 47.1 Å². The van der Waals surface area contributed by atoms with Crippen LogP contribution in [0.4, 0.5) is 0 Å². The van der Waals surface area contributed by atoms with Crippen LogP contribution in [-0.4, -0.2) is 32.4 Å². The minimum atomic E-state index is -0.225. The molecule has 3 aromatic rings.